The maximum Gasteiger partial charge on any atom is 0.238 e. The Balaban J connectivity index is 1.93. The van der Waals surface area contributed by atoms with Gasteiger partial charge in [-0.2, -0.15) is 0 Å². The van der Waals surface area contributed by atoms with Gasteiger partial charge in [0.25, 0.3) is 0 Å². The van der Waals surface area contributed by atoms with Crippen molar-refractivity contribution in [3.63, 3.8) is 0 Å². The van der Waals surface area contributed by atoms with Crippen LogP contribution in [0.5, 0.6) is 0 Å². The molecule has 0 fully saturated rings. The first-order valence-electron chi connectivity index (χ1n) is 7.20. The number of benzene rings is 1. The summed E-state index contributed by atoms with van der Waals surface area (Å²) in [6.45, 7) is 2.00. The molecule has 1 heterocycles. The fourth-order valence-electron chi connectivity index (χ4n) is 2.21. The number of hydrogen-bond acceptors (Lipinski definition) is 4. The lowest BCUT2D eigenvalue weighted by Gasteiger charge is -2.24. The lowest BCUT2D eigenvalue weighted by atomic mass is 10.1. The highest BCUT2D eigenvalue weighted by Gasteiger charge is 2.18. The zero-order valence-electron chi connectivity index (χ0n) is 13.1. The highest BCUT2D eigenvalue weighted by molar-refractivity contribution is 7.89. The van der Waals surface area contributed by atoms with E-state index in [1.165, 1.54) is 12.1 Å². The number of amides is 1. The molecule has 1 aromatic heterocycles. The van der Waals surface area contributed by atoms with Crippen molar-refractivity contribution in [3.05, 3.63) is 52.2 Å². The number of primary sulfonamides is 1. The smallest absolute Gasteiger partial charge is 0.238 e. The normalized spacial score (nSPS) is 12.8. The SMILES string of the molecule is C[C@@H](c1cccs1)N(C)C(=O)CCc1ccc(S(N)(=O)=O)cc1. The molecule has 0 aliphatic carbocycles. The Hall–Kier alpha value is -1.70. The van der Waals surface area contributed by atoms with Crippen LogP contribution in [0.2, 0.25) is 0 Å². The van der Waals surface area contributed by atoms with Gasteiger partial charge in [0.15, 0.2) is 0 Å². The van der Waals surface area contributed by atoms with E-state index in [2.05, 4.69) is 0 Å². The third kappa shape index (κ3) is 4.63. The van der Waals surface area contributed by atoms with Crippen molar-refractivity contribution >= 4 is 27.3 Å². The second-order valence-electron chi connectivity index (χ2n) is 5.38. The topological polar surface area (TPSA) is 80.5 Å². The van der Waals surface area contributed by atoms with E-state index in [4.69, 9.17) is 5.14 Å². The molecule has 2 N–H and O–H groups in total. The first-order chi connectivity index (χ1) is 10.8. The third-order valence-corrected chi connectivity index (χ3v) is 5.78. The number of rotatable bonds is 6. The zero-order valence-corrected chi connectivity index (χ0v) is 14.7. The van der Waals surface area contributed by atoms with Gasteiger partial charge in [0.1, 0.15) is 0 Å². The van der Waals surface area contributed by atoms with E-state index >= 15 is 0 Å². The van der Waals surface area contributed by atoms with Gasteiger partial charge in [-0.15, -0.1) is 11.3 Å². The van der Waals surface area contributed by atoms with E-state index in [9.17, 15) is 13.2 Å². The molecule has 0 radical (unpaired) electrons. The predicted molar refractivity (Wildman–Crippen MR) is 91.6 cm³/mol. The number of carbonyl (C=O) groups excluding carboxylic acids is 1. The van der Waals surface area contributed by atoms with Gasteiger partial charge in [-0.25, -0.2) is 13.6 Å². The third-order valence-electron chi connectivity index (χ3n) is 3.81. The average molecular weight is 352 g/mol. The molecule has 0 aliphatic rings. The van der Waals surface area contributed by atoms with Crippen LogP contribution in [0.3, 0.4) is 0 Å². The van der Waals surface area contributed by atoms with Crippen LogP contribution in [0.15, 0.2) is 46.7 Å². The van der Waals surface area contributed by atoms with Crippen LogP contribution in [0, 0.1) is 0 Å². The summed E-state index contributed by atoms with van der Waals surface area (Å²) in [5.74, 6) is 0.0569. The van der Waals surface area contributed by atoms with Crippen molar-refractivity contribution in [2.75, 3.05) is 7.05 Å². The summed E-state index contributed by atoms with van der Waals surface area (Å²) in [6.07, 6.45) is 0.937. The lowest BCUT2D eigenvalue weighted by molar-refractivity contribution is -0.131. The fourth-order valence-corrected chi connectivity index (χ4v) is 3.55. The van der Waals surface area contributed by atoms with E-state index in [0.29, 0.717) is 12.8 Å². The highest BCUT2D eigenvalue weighted by atomic mass is 32.2. The second-order valence-corrected chi connectivity index (χ2v) is 7.93. The largest absolute Gasteiger partial charge is 0.338 e. The molecule has 0 aliphatic heterocycles. The minimum Gasteiger partial charge on any atom is -0.338 e. The van der Waals surface area contributed by atoms with Crippen molar-refractivity contribution in [2.45, 2.75) is 30.7 Å². The second kappa shape index (κ2) is 7.25. The van der Waals surface area contributed by atoms with Crippen LogP contribution in [0.25, 0.3) is 0 Å². The standard InChI is InChI=1S/C16H20N2O3S2/c1-12(15-4-3-11-22-15)18(2)16(19)10-7-13-5-8-14(9-6-13)23(17,20)21/h3-6,8-9,11-12H,7,10H2,1-2H3,(H2,17,20,21)/t12-/m0/s1. The van der Waals surface area contributed by atoms with E-state index in [1.807, 2.05) is 24.4 Å². The average Bonchev–Trinajstić information content (AvgIpc) is 3.05. The molecule has 1 amide bonds. The molecule has 1 atom stereocenters. The Morgan fingerprint density at radius 2 is 1.91 bits per heavy atom. The van der Waals surface area contributed by atoms with Crippen molar-refractivity contribution in [2.24, 2.45) is 5.14 Å². The van der Waals surface area contributed by atoms with Crippen molar-refractivity contribution < 1.29 is 13.2 Å². The molecule has 124 valence electrons. The summed E-state index contributed by atoms with van der Waals surface area (Å²) in [5, 5.41) is 7.06. The van der Waals surface area contributed by atoms with E-state index in [-0.39, 0.29) is 16.8 Å². The molecule has 2 aromatic rings. The molecular weight excluding hydrogens is 332 g/mol. The molecule has 0 spiro atoms. The molecule has 5 nitrogen and oxygen atoms in total. The minimum absolute atomic E-state index is 0.0484. The van der Waals surface area contributed by atoms with Crippen LogP contribution in [0.1, 0.15) is 29.8 Å². The van der Waals surface area contributed by atoms with Crippen LogP contribution >= 0.6 is 11.3 Å². The predicted octanol–water partition coefficient (Wildman–Crippen LogP) is 2.55. The fraction of sp³-hybridized carbons (Fsp3) is 0.312. The molecule has 1 aromatic carbocycles. The molecule has 7 heteroatoms. The molecule has 2 rings (SSSR count). The quantitative estimate of drug-likeness (QED) is 0.867. The van der Waals surface area contributed by atoms with E-state index in [1.54, 1.807) is 35.4 Å². The van der Waals surface area contributed by atoms with Crippen molar-refractivity contribution in [1.29, 1.82) is 0 Å². The maximum absolute atomic E-state index is 12.3. The molecule has 0 saturated carbocycles. The number of nitrogens with zero attached hydrogens (tertiary/aromatic N) is 1. The summed E-state index contributed by atoms with van der Waals surface area (Å²) < 4.78 is 22.4. The van der Waals surface area contributed by atoms with Gasteiger partial charge in [0.2, 0.25) is 15.9 Å². The molecule has 0 bridgehead atoms. The Bertz CT molecular complexity index is 753. The molecule has 23 heavy (non-hydrogen) atoms. The Labute approximate surface area is 140 Å². The molecule has 0 saturated heterocycles. The van der Waals surface area contributed by atoms with Crippen LogP contribution in [-0.2, 0) is 21.2 Å². The Morgan fingerprint density at radius 1 is 1.26 bits per heavy atom. The van der Waals surface area contributed by atoms with Crippen LogP contribution in [0.4, 0.5) is 0 Å². The maximum atomic E-state index is 12.3. The highest BCUT2D eigenvalue weighted by Crippen LogP contribution is 2.24. The van der Waals surface area contributed by atoms with Crippen LogP contribution in [-0.4, -0.2) is 26.3 Å². The number of thiophene rings is 1. The van der Waals surface area contributed by atoms with Gasteiger partial charge in [-0.1, -0.05) is 18.2 Å². The number of hydrogen-bond donors (Lipinski definition) is 1. The Kier molecular flexibility index (Phi) is 5.56. The minimum atomic E-state index is -3.67. The van der Waals surface area contributed by atoms with E-state index in [0.717, 1.165) is 10.4 Å². The summed E-state index contributed by atoms with van der Waals surface area (Å²) in [6, 6.07) is 10.4. The first-order valence-corrected chi connectivity index (χ1v) is 9.62. The van der Waals surface area contributed by atoms with Crippen molar-refractivity contribution in [1.82, 2.24) is 4.90 Å². The summed E-state index contributed by atoms with van der Waals surface area (Å²) >= 11 is 1.63. The van der Waals surface area contributed by atoms with Gasteiger partial charge in [-0.3, -0.25) is 4.79 Å². The number of carbonyl (C=O) groups is 1. The van der Waals surface area contributed by atoms with E-state index < -0.39 is 10.0 Å². The molecule has 0 unspecified atom stereocenters. The number of aryl methyl sites for hydroxylation is 1. The van der Waals surface area contributed by atoms with Crippen LogP contribution < -0.4 is 5.14 Å². The van der Waals surface area contributed by atoms with Gasteiger partial charge in [0, 0.05) is 18.3 Å². The lowest BCUT2D eigenvalue weighted by Crippen LogP contribution is -2.29. The Morgan fingerprint density at radius 3 is 2.43 bits per heavy atom. The van der Waals surface area contributed by atoms with Gasteiger partial charge in [0.05, 0.1) is 10.9 Å². The summed E-state index contributed by atoms with van der Waals surface area (Å²) in [7, 11) is -1.87. The van der Waals surface area contributed by atoms with Gasteiger partial charge < -0.3 is 4.90 Å². The number of nitrogens with two attached hydrogens (primary N) is 1. The summed E-state index contributed by atoms with van der Waals surface area (Å²) in [5.41, 5.74) is 0.905. The van der Waals surface area contributed by atoms with Gasteiger partial charge in [-0.05, 0) is 42.5 Å². The van der Waals surface area contributed by atoms with Crippen molar-refractivity contribution in [3.8, 4) is 0 Å². The number of sulfonamides is 1. The first kappa shape index (κ1) is 17.7. The monoisotopic (exact) mass is 352 g/mol. The van der Waals surface area contributed by atoms with Gasteiger partial charge >= 0.3 is 0 Å². The zero-order chi connectivity index (χ0) is 17.0. The summed E-state index contributed by atoms with van der Waals surface area (Å²) in [4.78, 5) is 15.3. The molecular formula is C16H20N2O3S2.